The van der Waals surface area contributed by atoms with Crippen LogP contribution in [0.3, 0.4) is 0 Å². The topological polar surface area (TPSA) is 110 Å². The normalized spacial score (nSPS) is 10.8. The number of oxazole rings is 1. The van der Waals surface area contributed by atoms with Crippen LogP contribution in [0.15, 0.2) is 57.4 Å². The fraction of sp³-hybridized carbons (Fsp3) is 0.208. The van der Waals surface area contributed by atoms with Crippen LogP contribution in [0, 0.1) is 20.8 Å². The lowest BCUT2D eigenvalue weighted by Gasteiger charge is -2.08. The first kappa shape index (κ1) is 23.7. The van der Waals surface area contributed by atoms with E-state index >= 15 is 0 Å². The van der Waals surface area contributed by atoms with E-state index in [2.05, 4.69) is 25.8 Å². The van der Waals surface area contributed by atoms with E-state index in [-0.39, 0.29) is 12.3 Å². The molecule has 0 aliphatic heterocycles. The van der Waals surface area contributed by atoms with Crippen molar-refractivity contribution in [2.75, 3.05) is 0 Å². The van der Waals surface area contributed by atoms with Gasteiger partial charge in [0.2, 0.25) is 11.8 Å². The molecule has 0 unspecified atom stereocenters. The number of hydrogen-bond donors (Lipinski definition) is 2. The third-order valence-electron chi connectivity index (χ3n) is 4.81. The van der Waals surface area contributed by atoms with Crippen molar-refractivity contribution in [1.82, 2.24) is 25.8 Å². The number of nitrogens with one attached hydrogen (secondary N) is 2. The molecule has 4 aromatic rings. The quantitative estimate of drug-likeness (QED) is 0.223. The van der Waals surface area contributed by atoms with Crippen molar-refractivity contribution in [1.29, 1.82) is 0 Å². The summed E-state index contributed by atoms with van der Waals surface area (Å²) in [5.74, 6) is 0.961. The molecule has 0 aliphatic rings. The first-order chi connectivity index (χ1) is 16.4. The number of carbonyl (C=O) groups excluding carboxylic acids is 2. The Balaban J connectivity index is 1.27. The van der Waals surface area contributed by atoms with Gasteiger partial charge in [0.15, 0.2) is 5.16 Å². The summed E-state index contributed by atoms with van der Waals surface area (Å²) in [6.07, 6.45) is -0.00233. The lowest BCUT2D eigenvalue weighted by molar-refractivity contribution is -0.121. The molecule has 3 heterocycles. The van der Waals surface area contributed by atoms with Crippen LogP contribution in [0.1, 0.15) is 38.8 Å². The molecule has 8 nitrogen and oxygen atoms in total. The van der Waals surface area contributed by atoms with Crippen LogP contribution >= 0.6 is 23.1 Å². The highest BCUT2D eigenvalue weighted by molar-refractivity contribution is 7.98. The predicted octanol–water partition coefficient (Wildman–Crippen LogP) is 4.41. The lowest BCUT2D eigenvalue weighted by Crippen LogP contribution is -2.42. The highest BCUT2D eigenvalue weighted by Gasteiger charge is 2.16. The Morgan fingerprint density at radius 2 is 1.74 bits per heavy atom. The largest absolute Gasteiger partial charge is 0.440 e. The summed E-state index contributed by atoms with van der Waals surface area (Å²) >= 11 is 3.05. The second-order valence-corrected chi connectivity index (χ2v) is 9.49. The zero-order valence-corrected chi connectivity index (χ0v) is 20.5. The van der Waals surface area contributed by atoms with E-state index in [4.69, 9.17) is 4.42 Å². The summed E-state index contributed by atoms with van der Waals surface area (Å²) in [6.45, 7) is 5.65. The number of thiophene rings is 1. The van der Waals surface area contributed by atoms with Gasteiger partial charge in [-0.3, -0.25) is 20.4 Å². The molecule has 2 amide bonds. The molecule has 174 valence electrons. The molecule has 0 saturated heterocycles. The number of aryl methyl sites for hydroxylation is 3. The smallest absolute Gasteiger partial charge is 0.269 e. The molecule has 0 spiro atoms. The van der Waals surface area contributed by atoms with E-state index in [1.54, 1.807) is 30.8 Å². The van der Waals surface area contributed by atoms with Crippen molar-refractivity contribution in [2.24, 2.45) is 0 Å². The van der Waals surface area contributed by atoms with Gasteiger partial charge in [-0.25, -0.2) is 15.0 Å². The van der Waals surface area contributed by atoms with Gasteiger partial charge in [-0.1, -0.05) is 30.0 Å². The van der Waals surface area contributed by atoms with Gasteiger partial charge < -0.3 is 4.42 Å². The fourth-order valence-electron chi connectivity index (χ4n) is 3.15. The molecule has 34 heavy (non-hydrogen) atoms. The number of amides is 2. The zero-order chi connectivity index (χ0) is 24.1. The van der Waals surface area contributed by atoms with Crippen molar-refractivity contribution in [2.45, 2.75) is 38.1 Å². The third kappa shape index (κ3) is 6.09. The maximum absolute atomic E-state index is 12.4. The fourth-order valence-corrected chi connectivity index (χ4v) is 4.71. The number of nitrogens with zero attached hydrogens (tertiary/aromatic N) is 3. The molecular weight excluding hydrogens is 470 g/mol. The van der Waals surface area contributed by atoms with Crippen LogP contribution in [-0.4, -0.2) is 26.8 Å². The molecule has 0 atom stereocenters. The third-order valence-corrected chi connectivity index (χ3v) is 6.59. The molecular formula is C24H23N5O3S2. The minimum atomic E-state index is -0.402. The van der Waals surface area contributed by atoms with Gasteiger partial charge in [0.05, 0.1) is 17.0 Å². The first-order valence-electron chi connectivity index (χ1n) is 10.5. The number of thioether (sulfide) groups is 1. The van der Waals surface area contributed by atoms with Gasteiger partial charge in [0.25, 0.3) is 5.91 Å². The molecule has 4 rings (SSSR count). The summed E-state index contributed by atoms with van der Waals surface area (Å²) in [4.78, 5) is 38.8. The number of aromatic nitrogens is 3. The van der Waals surface area contributed by atoms with Crippen LogP contribution in [0.4, 0.5) is 0 Å². The average molecular weight is 494 g/mol. The summed E-state index contributed by atoms with van der Waals surface area (Å²) in [5, 5.41) is 2.66. The molecule has 0 radical (unpaired) electrons. The van der Waals surface area contributed by atoms with Crippen molar-refractivity contribution in [3.05, 3.63) is 81.8 Å². The molecule has 0 aliphatic carbocycles. The van der Waals surface area contributed by atoms with Gasteiger partial charge >= 0.3 is 0 Å². The van der Waals surface area contributed by atoms with Crippen molar-refractivity contribution < 1.29 is 14.0 Å². The van der Waals surface area contributed by atoms with Crippen molar-refractivity contribution in [3.63, 3.8) is 0 Å². The molecule has 2 N–H and O–H groups in total. The van der Waals surface area contributed by atoms with E-state index in [1.807, 2.05) is 49.6 Å². The van der Waals surface area contributed by atoms with Crippen molar-refractivity contribution in [3.8, 4) is 10.8 Å². The average Bonchev–Trinajstić information content (AvgIpc) is 3.46. The van der Waals surface area contributed by atoms with Gasteiger partial charge in [-0.05, 0) is 56.0 Å². The standard InChI is InChI=1S/C24H23N5O3S2/c1-14-11-15(2)26-24(25-14)34-13-17-6-8-18(9-7-17)22(31)29-28-21(30)12-19-16(3)32-23(27-19)20-5-4-10-33-20/h4-11H,12-13H2,1-3H3,(H,28,30)(H,29,31). The number of carbonyl (C=O) groups is 2. The summed E-state index contributed by atoms with van der Waals surface area (Å²) in [7, 11) is 0. The maximum Gasteiger partial charge on any atom is 0.269 e. The highest BCUT2D eigenvalue weighted by Crippen LogP contribution is 2.26. The predicted molar refractivity (Wildman–Crippen MR) is 131 cm³/mol. The Morgan fingerprint density at radius 1 is 1.00 bits per heavy atom. The number of hydrogen-bond acceptors (Lipinski definition) is 8. The van der Waals surface area contributed by atoms with Gasteiger partial charge in [-0.15, -0.1) is 11.3 Å². The van der Waals surface area contributed by atoms with Gasteiger partial charge in [-0.2, -0.15) is 0 Å². The number of hydrazine groups is 1. The highest BCUT2D eigenvalue weighted by atomic mass is 32.2. The van der Waals surface area contributed by atoms with Gasteiger partial charge in [0, 0.05) is 22.7 Å². The Labute approximate surface area is 205 Å². The van der Waals surface area contributed by atoms with Crippen LogP contribution in [-0.2, 0) is 17.0 Å². The lowest BCUT2D eigenvalue weighted by atomic mass is 10.1. The van der Waals surface area contributed by atoms with E-state index in [1.165, 1.54) is 11.3 Å². The Kier molecular flexibility index (Phi) is 7.39. The van der Waals surface area contributed by atoms with E-state index < -0.39 is 5.91 Å². The Hall–Kier alpha value is -3.50. The van der Waals surface area contributed by atoms with E-state index in [9.17, 15) is 9.59 Å². The second-order valence-electron chi connectivity index (χ2n) is 7.60. The molecule has 0 bridgehead atoms. The molecule has 0 fully saturated rings. The van der Waals surface area contributed by atoms with Crippen LogP contribution in [0.5, 0.6) is 0 Å². The minimum absolute atomic E-state index is 0.00233. The summed E-state index contributed by atoms with van der Waals surface area (Å²) in [6, 6.07) is 12.9. The van der Waals surface area contributed by atoms with Crippen LogP contribution in [0.2, 0.25) is 0 Å². The molecule has 10 heteroatoms. The first-order valence-corrected chi connectivity index (χ1v) is 12.4. The monoisotopic (exact) mass is 493 g/mol. The molecule has 3 aromatic heterocycles. The molecule has 0 saturated carbocycles. The Morgan fingerprint density at radius 3 is 2.41 bits per heavy atom. The SMILES string of the molecule is Cc1cc(C)nc(SCc2ccc(C(=O)NNC(=O)Cc3nc(-c4cccs4)oc3C)cc2)n1. The summed E-state index contributed by atoms with van der Waals surface area (Å²) < 4.78 is 5.65. The van der Waals surface area contributed by atoms with E-state index in [0.29, 0.717) is 28.7 Å². The van der Waals surface area contributed by atoms with Crippen molar-refractivity contribution >= 4 is 34.9 Å². The zero-order valence-electron chi connectivity index (χ0n) is 18.9. The van der Waals surface area contributed by atoms with Crippen LogP contribution in [0.25, 0.3) is 10.8 Å². The molecule has 1 aromatic carbocycles. The summed E-state index contributed by atoms with van der Waals surface area (Å²) in [5.41, 5.74) is 8.76. The number of benzene rings is 1. The Bertz CT molecular complexity index is 1280. The maximum atomic E-state index is 12.4. The van der Waals surface area contributed by atoms with Crippen LogP contribution < -0.4 is 10.9 Å². The minimum Gasteiger partial charge on any atom is -0.440 e. The van der Waals surface area contributed by atoms with Gasteiger partial charge in [0.1, 0.15) is 5.76 Å². The number of rotatable bonds is 7. The van der Waals surface area contributed by atoms with E-state index in [0.717, 1.165) is 27.0 Å². The second kappa shape index (κ2) is 10.6.